The summed E-state index contributed by atoms with van der Waals surface area (Å²) in [6.07, 6.45) is 5.83. The molecule has 6 rings (SSSR count). The number of piperidine rings is 1. The summed E-state index contributed by atoms with van der Waals surface area (Å²) in [5.41, 5.74) is 2.92. The number of amides is 1. The van der Waals surface area contributed by atoms with Crippen molar-refractivity contribution in [2.45, 2.75) is 32.9 Å². The average Bonchev–Trinajstić information content (AvgIpc) is 3.68. The number of carbonyl (C=O) groups excluding carboxylic acids is 1. The van der Waals surface area contributed by atoms with Crippen molar-refractivity contribution in [2.75, 3.05) is 13.1 Å². The predicted octanol–water partition coefficient (Wildman–Crippen LogP) is 5.72. The number of aryl methyl sites for hydroxylation is 1. The summed E-state index contributed by atoms with van der Waals surface area (Å²) in [7, 11) is 0. The molecule has 2 aromatic carbocycles. The fourth-order valence-electron chi connectivity index (χ4n) is 4.98. The molecule has 0 spiro atoms. The summed E-state index contributed by atoms with van der Waals surface area (Å²) in [4.78, 5) is 25.6. The van der Waals surface area contributed by atoms with Crippen molar-refractivity contribution in [3.63, 3.8) is 0 Å². The summed E-state index contributed by atoms with van der Waals surface area (Å²) >= 11 is 1.46. The third-order valence-electron chi connectivity index (χ3n) is 6.99. The number of likely N-dealkylation sites (tertiary alicyclic amines) is 1. The van der Waals surface area contributed by atoms with Crippen molar-refractivity contribution in [3.05, 3.63) is 95.5 Å². The van der Waals surface area contributed by atoms with Gasteiger partial charge in [-0.25, -0.2) is 9.97 Å². The lowest BCUT2D eigenvalue weighted by molar-refractivity contribution is 0.0686. The van der Waals surface area contributed by atoms with Crippen molar-refractivity contribution in [1.29, 1.82) is 0 Å². The molecule has 8 heteroatoms. The van der Waals surface area contributed by atoms with Crippen LogP contribution in [0.4, 0.5) is 0 Å². The molecule has 3 aromatic heterocycles. The molecule has 0 radical (unpaired) electrons. The van der Waals surface area contributed by atoms with Gasteiger partial charge in [-0.2, -0.15) is 0 Å². The molecule has 1 amide bonds. The minimum absolute atomic E-state index is 0.0943. The molecular weight excluding hydrogens is 482 g/mol. The Bertz CT molecular complexity index is 1500. The van der Waals surface area contributed by atoms with Crippen LogP contribution < -0.4 is 4.74 Å². The van der Waals surface area contributed by atoms with Crippen LogP contribution >= 0.6 is 11.3 Å². The quantitative estimate of drug-likeness (QED) is 0.280. The maximum absolute atomic E-state index is 13.3. The highest BCUT2D eigenvalue weighted by molar-refractivity contribution is 7.16. The monoisotopic (exact) mass is 511 g/mol. The first-order valence-electron chi connectivity index (χ1n) is 12.7. The molecule has 0 N–H and O–H groups in total. The Hall–Kier alpha value is -3.91. The van der Waals surface area contributed by atoms with Crippen molar-refractivity contribution in [2.24, 2.45) is 5.92 Å². The lowest BCUT2D eigenvalue weighted by Gasteiger charge is -2.32. The van der Waals surface area contributed by atoms with E-state index >= 15 is 0 Å². The van der Waals surface area contributed by atoms with E-state index in [1.165, 1.54) is 11.3 Å². The summed E-state index contributed by atoms with van der Waals surface area (Å²) in [6.45, 7) is 4.72. The van der Waals surface area contributed by atoms with Gasteiger partial charge in [0.2, 0.25) is 0 Å². The van der Waals surface area contributed by atoms with Crippen molar-refractivity contribution < 1.29 is 9.53 Å². The first kappa shape index (κ1) is 23.5. The van der Waals surface area contributed by atoms with E-state index in [2.05, 4.69) is 27.8 Å². The Morgan fingerprint density at radius 1 is 0.973 bits per heavy atom. The molecule has 188 valence electrons. The number of para-hydroxylation sites is 3. The number of fused-ring (bicyclic) bond motifs is 1. The van der Waals surface area contributed by atoms with E-state index < -0.39 is 0 Å². The van der Waals surface area contributed by atoms with Gasteiger partial charge >= 0.3 is 0 Å². The number of imidazole rings is 1. The van der Waals surface area contributed by atoms with Crippen LogP contribution in [0.5, 0.6) is 5.75 Å². The highest BCUT2D eigenvalue weighted by atomic mass is 32.1. The van der Waals surface area contributed by atoms with E-state index in [9.17, 15) is 4.79 Å². The van der Waals surface area contributed by atoms with Crippen LogP contribution in [0.15, 0.2) is 79.1 Å². The Morgan fingerprint density at radius 3 is 2.49 bits per heavy atom. The smallest absolute Gasteiger partial charge is 0.265 e. The molecule has 0 aliphatic carbocycles. The number of nitrogens with zero attached hydrogens (tertiary/aromatic N) is 5. The van der Waals surface area contributed by atoms with E-state index in [-0.39, 0.29) is 5.91 Å². The summed E-state index contributed by atoms with van der Waals surface area (Å²) < 4.78 is 10.3. The highest BCUT2D eigenvalue weighted by Gasteiger charge is 2.27. The Balaban J connectivity index is 1.13. The molecule has 0 saturated carbocycles. The molecule has 1 saturated heterocycles. The Morgan fingerprint density at radius 2 is 1.70 bits per heavy atom. The van der Waals surface area contributed by atoms with Crippen LogP contribution in [0.3, 0.4) is 0 Å². The lowest BCUT2D eigenvalue weighted by Crippen LogP contribution is -2.39. The maximum atomic E-state index is 13.3. The van der Waals surface area contributed by atoms with E-state index in [4.69, 9.17) is 9.72 Å². The molecule has 1 fully saturated rings. The molecule has 0 atom stereocenters. The minimum atomic E-state index is 0.0943. The van der Waals surface area contributed by atoms with E-state index in [1.54, 1.807) is 0 Å². The van der Waals surface area contributed by atoms with Gasteiger partial charge in [-0.15, -0.1) is 0 Å². The minimum Gasteiger partial charge on any atom is -0.486 e. The average molecular weight is 512 g/mol. The molecule has 4 heterocycles. The number of rotatable bonds is 7. The SMILES string of the molecule is Cc1nc(-n2cccc2)sc1C(=O)N1CCC(Cn2c(COc3ccccc3)nc3ccccc32)CC1. The van der Waals surface area contributed by atoms with Crippen molar-refractivity contribution in [3.8, 4) is 10.9 Å². The van der Waals surface area contributed by atoms with Crippen LogP contribution in [-0.4, -0.2) is 43.0 Å². The Kier molecular flexibility index (Phi) is 6.49. The van der Waals surface area contributed by atoms with E-state index in [0.717, 1.165) is 70.8 Å². The van der Waals surface area contributed by atoms with Gasteiger partial charge in [-0.1, -0.05) is 41.7 Å². The normalized spacial score (nSPS) is 14.4. The van der Waals surface area contributed by atoms with Crippen LogP contribution in [0.1, 0.15) is 34.0 Å². The van der Waals surface area contributed by atoms with E-state index in [0.29, 0.717) is 12.5 Å². The van der Waals surface area contributed by atoms with Crippen molar-refractivity contribution in [1.82, 2.24) is 24.0 Å². The third-order valence-corrected chi connectivity index (χ3v) is 8.15. The van der Waals surface area contributed by atoms with Gasteiger partial charge < -0.3 is 18.8 Å². The van der Waals surface area contributed by atoms with Crippen molar-refractivity contribution >= 4 is 28.3 Å². The highest BCUT2D eigenvalue weighted by Crippen LogP contribution is 2.28. The van der Waals surface area contributed by atoms with Gasteiger partial charge in [0.25, 0.3) is 5.91 Å². The molecule has 0 unspecified atom stereocenters. The molecule has 0 bridgehead atoms. The van der Waals surface area contributed by atoms with E-state index in [1.807, 2.05) is 77.3 Å². The van der Waals surface area contributed by atoms with Crippen LogP contribution in [0.25, 0.3) is 16.2 Å². The molecule has 37 heavy (non-hydrogen) atoms. The molecule has 7 nitrogen and oxygen atoms in total. The molecular formula is C29H29N5O2S. The zero-order valence-corrected chi connectivity index (χ0v) is 21.6. The number of thiazole rings is 1. The summed E-state index contributed by atoms with van der Waals surface area (Å²) in [6, 6.07) is 22.1. The standard InChI is InChI=1S/C29H29N5O2S/c1-21-27(37-29(30-21)33-15-7-8-16-33)28(35)32-17-13-22(14-18-32)19-34-25-12-6-5-11-24(25)31-26(34)20-36-23-9-3-2-4-10-23/h2-12,15-16,22H,13-14,17-20H2,1H3. The molecule has 1 aliphatic rings. The zero-order valence-electron chi connectivity index (χ0n) is 20.8. The second-order valence-electron chi connectivity index (χ2n) is 9.47. The second kappa shape index (κ2) is 10.2. The molecule has 1 aliphatic heterocycles. The van der Waals surface area contributed by atoms with Crippen LogP contribution in [0, 0.1) is 12.8 Å². The van der Waals surface area contributed by atoms with Crippen LogP contribution in [-0.2, 0) is 13.2 Å². The van der Waals surface area contributed by atoms with Gasteiger partial charge in [0.1, 0.15) is 23.1 Å². The fourth-order valence-corrected chi connectivity index (χ4v) is 5.98. The molecule has 5 aromatic rings. The number of hydrogen-bond acceptors (Lipinski definition) is 5. The summed E-state index contributed by atoms with van der Waals surface area (Å²) in [5, 5.41) is 0.831. The maximum Gasteiger partial charge on any atom is 0.265 e. The van der Waals surface area contributed by atoms with Gasteiger partial charge in [-0.05, 0) is 62.1 Å². The Labute approximate surface area is 220 Å². The first-order chi connectivity index (χ1) is 18.2. The number of aromatic nitrogens is 4. The topological polar surface area (TPSA) is 65.2 Å². The lowest BCUT2D eigenvalue weighted by atomic mass is 9.96. The number of benzene rings is 2. The third kappa shape index (κ3) is 4.89. The largest absolute Gasteiger partial charge is 0.486 e. The zero-order chi connectivity index (χ0) is 25.2. The first-order valence-corrected chi connectivity index (χ1v) is 13.5. The second-order valence-corrected chi connectivity index (χ2v) is 10.4. The number of hydrogen-bond donors (Lipinski definition) is 0. The number of carbonyl (C=O) groups is 1. The number of ether oxygens (including phenoxy) is 1. The summed E-state index contributed by atoms with van der Waals surface area (Å²) in [5.74, 6) is 2.33. The fraction of sp³-hybridized carbons (Fsp3) is 0.276. The van der Waals surface area contributed by atoms with Gasteiger partial charge in [0, 0.05) is 32.0 Å². The van der Waals surface area contributed by atoms with Gasteiger partial charge in [0.05, 0.1) is 16.7 Å². The van der Waals surface area contributed by atoms with Gasteiger partial charge in [-0.3, -0.25) is 4.79 Å². The van der Waals surface area contributed by atoms with Gasteiger partial charge in [0.15, 0.2) is 5.13 Å². The predicted molar refractivity (Wildman–Crippen MR) is 145 cm³/mol. The van der Waals surface area contributed by atoms with Crippen LogP contribution in [0.2, 0.25) is 0 Å².